The molecule has 0 radical (unpaired) electrons. The van der Waals surface area contributed by atoms with Gasteiger partial charge in [0.15, 0.2) is 0 Å². The molecule has 1 N–H and O–H groups in total. The van der Waals surface area contributed by atoms with Crippen molar-refractivity contribution in [3.63, 3.8) is 0 Å². The Morgan fingerprint density at radius 2 is 1.90 bits per heavy atom. The second-order valence-corrected chi connectivity index (χ2v) is 12.5. The number of amides is 1. The van der Waals surface area contributed by atoms with E-state index in [4.69, 9.17) is 4.74 Å². The molecular weight excluding hydrogens is 406 g/mol. The van der Waals surface area contributed by atoms with Gasteiger partial charge >= 0.3 is 0 Å². The Morgan fingerprint density at radius 3 is 2.81 bits per heavy atom. The van der Waals surface area contributed by atoms with Crippen molar-refractivity contribution in [1.82, 2.24) is 4.90 Å². The zero-order chi connectivity index (χ0) is 20.6. The molecule has 8 aliphatic heterocycles. The fourth-order valence-corrected chi connectivity index (χ4v) is 10.6. The van der Waals surface area contributed by atoms with Gasteiger partial charge in [-0.3, -0.25) is 9.69 Å². The van der Waals surface area contributed by atoms with Crippen LogP contribution in [0.5, 0.6) is 5.75 Å². The van der Waals surface area contributed by atoms with E-state index in [2.05, 4.69) is 56.9 Å². The van der Waals surface area contributed by atoms with Crippen molar-refractivity contribution in [2.75, 3.05) is 49.5 Å². The molecule has 6 heteroatoms. The molecule has 8 heterocycles. The van der Waals surface area contributed by atoms with Crippen LogP contribution in [0.3, 0.4) is 0 Å². The fraction of sp³-hybridized carbons (Fsp3) is 0.400. The van der Waals surface area contributed by atoms with E-state index < -0.39 is 10.0 Å². The lowest BCUT2D eigenvalue weighted by Gasteiger charge is -2.37. The molecule has 2 saturated heterocycles. The maximum absolute atomic E-state index is 13.2. The Kier molecular flexibility index (Phi) is 3.83. The second-order valence-electron chi connectivity index (χ2n) is 9.22. The lowest BCUT2D eigenvalue weighted by molar-refractivity contribution is -0.115. The van der Waals surface area contributed by atoms with Crippen molar-refractivity contribution in [3.05, 3.63) is 52.9 Å². The van der Waals surface area contributed by atoms with Crippen LogP contribution in [0, 0.1) is 0 Å². The molecule has 10 rings (SSSR count). The monoisotopic (exact) mass is 433 g/mol. The Balaban J connectivity index is 1.35. The topological polar surface area (TPSA) is 44.8 Å². The van der Waals surface area contributed by atoms with Crippen molar-refractivity contribution in [2.45, 2.75) is 28.2 Å². The van der Waals surface area contributed by atoms with Crippen molar-refractivity contribution in [3.8, 4) is 5.75 Å². The maximum atomic E-state index is 13.2. The molecule has 31 heavy (non-hydrogen) atoms. The van der Waals surface area contributed by atoms with E-state index >= 15 is 0 Å². The maximum Gasteiger partial charge on any atom is 0.238 e. The minimum absolute atomic E-state index is 0.0680. The second kappa shape index (κ2) is 6.53. The van der Waals surface area contributed by atoms with Gasteiger partial charge in [-0.2, -0.15) is 10.0 Å². The summed E-state index contributed by atoms with van der Waals surface area (Å²) in [4.78, 5) is 19.7. The van der Waals surface area contributed by atoms with E-state index in [-0.39, 0.29) is 11.2 Å². The smallest absolute Gasteiger partial charge is 0.238 e. The van der Waals surface area contributed by atoms with Crippen LogP contribution in [0.4, 0.5) is 11.4 Å². The molecular formula is C25H27N3O2S. The predicted molar refractivity (Wildman–Crippen MR) is 126 cm³/mol. The number of rotatable bonds is 0. The molecule has 2 aromatic carbocycles. The van der Waals surface area contributed by atoms with Gasteiger partial charge in [0.05, 0.1) is 11.9 Å². The molecule has 0 aliphatic carbocycles. The van der Waals surface area contributed by atoms with Gasteiger partial charge in [-0.15, -0.1) is 0 Å². The standard InChI is InChI=1S/C25H27N3O2S/c29-25-24-23-18-7-6-17(16-20(18)26-25)30-14-2-1-9-27-10-12-28(13-11-27)21-4-3-5-22-19(21)8-15-31(22,23)24/h3-8,15-16,23-24H,1-2,9-14H2,(H,26,29). The number of hydrogen-bond acceptors (Lipinski definition) is 4. The van der Waals surface area contributed by atoms with Crippen LogP contribution >= 0.6 is 10.0 Å². The number of ether oxygens (including phenoxy) is 1. The van der Waals surface area contributed by atoms with Gasteiger partial charge in [0, 0.05) is 59.3 Å². The Morgan fingerprint density at radius 1 is 1.00 bits per heavy atom. The fourth-order valence-electron chi connectivity index (χ4n) is 6.01. The molecule has 0 aromatic heterocycles. The molecule has 8 aliphatic rings. The van der Waals surface area contributed by atoms with E-state index in [1.807, 2.05) is 6.07 Å². The first-order chi connectivity index (χ1) is 15.3. The highest BCUT2D eigenvalue weighted by atomic mass is 32.3. The van der Waals surface area contributed by atoms with Crippen molar-refractivity contribution >= 4 is 33.4 Å². The lowest BCUT2D eigenvalue weighted by atomic mass is 10.0. The minimum atomic E-state index is -1.30. The summed E-state index contributed by atoms with van der Waals surface area (Å²) in [6.07, 6.45) is 4.53. The molecule has 0 saturated carbocycles. The number of carbonyl (C=O) groups is 1. The third-order valence-corrected chi connectivity index (χ3v) is 11.7. The zero-order valence-electron chi connectivity index (χ0n) is 17.5. The first-order valence-electron chi connectivity index (χ1n) is 11.4. The molecule has 5 nitrogen and oxygen atoms in total. The summed E-state index contributed by atoms with van der Waals surface area (Å²) < 4.78 is 6.04. The molecule has 1 spiro atoms. The Bertz CT molecular complexity index is 1120. The molecule has 2 fully saturated rings. The lowest BCUT2D eigenvalue weighted by Crippen LogP contribution is -2.46. The zero-order valence-corrected chi connectivity index (χ0v) is 18.4. The van der Waals surface area contributed by atoms with Crippen molar-refractivity contribution in [2.24, 2.45) is 0 Å². The van der Waals surface area contributed by atoms with E-state index in [1.165, 1.54) is 21.7 Å². The molecule has 3 unspecified atom stereocenters. The number of nitrogens with one attached hydrogen (secondary N) is 1. The van der Waals surface area contributed by atoms with E-state index in [1.54, 1.807) is 0 Å². The minimum Gasteiger partial charge on any atom is -0.494 e. The van der Waals surface area contributed by atoms with Crippen LogP contribution < -0.4 is 15.0 Å². The first kappa shape index (κ1) is 18.2. The van der Waals surface area contributed by atoms with E-state index in [0.717, 1.165) is 63.6 Å². The van der Waals surface area contributed by atoms with E-state index in [0.29, 0.717) is 5.25 Å². The van der Waals surface area contributed by atoms with Crippen LogP contribution in [0.2, 0.25) is 0 Å². The Hall–Kier alpha value is -2.44. The number of anilines is 2. The number of carbonyl (C=O) groups excluding carboxylic acids is 1. The van der Waals surface area contributed by atoms with Crippen LogP contribution in [0.15, 0.2) is 46.7 Å². The SMILES string of the molecule is O=C1Nc2cc3ccc2C2C1S21C=Cc2c(cccc21)N1CCN(CCCCO3)CC1. The van der Waals surface area contributed by atoms with Crippen LogP contribution in [0.25, 0.3) is 6.08 Å². The molecule has 10 bridgehead atoms. The summed E-state index contributed by atoms with van der Waals surface area (Å²) in [7, 11) is -1.30. The third-order valence-electron chi connectivity index (χ3n) is 7.62. The highest BCUT2D eigenvalue weighted by molar-refractivity contribution is 8.43. The quantitative estimate of drug-likeness (QED) is 0.633. The van der Waals surface area contributed by atoms with Crippen LogP contribution in [-0.2, 0) is 4.79 Å². The Labute approximate surface area is 184 Å². The van der Waals surface area contributed by atoms with Gasteiger partial charge < -0.3 is 15.0 Å². The van der Waals surface area contributed by atoms with Crippen molar-refractivity contribution in [1.29, 1.82) is 0 Å². The number of piperazine rings is 1. The molecule has 1 amide bonds. The highest BCUT2D eigenvalue weighted by Crippen LogP contribution is 2.91. The molecule has 3 atom stereocenters. The van der Waals surface area contributed by atoms with Gasteiger partial charge in [0.1, 0.15) is 5.75 Å². The van der Waals surface area contributed by atoms with Gasteiger partial charge in [-0.1, -0.05) is 12.1 Å². The molecule has 160 valence electrons. The number of benzene rings is 2. The summed E-state index contributed by atoms with van der Waals surface area (Å²) in [6, 6.07) is 13.1. The first-order valence-corrected chi connectivity index (χ1v) is 13.3. The summed E-state index contributed by atoms with van der Waals surface area (Å²) >= 11 is 0. The summed E-state index contributed by atoms with van der Waals surface area (Å²) in [5.41, 5.74) is 4.94. The largest absolute Gasteiger partial charge is 0.494 e. The average Bonchev–Trinajstić information content (AvgIpc) is 3.32. The van der Waals surface area contributed by atoms with Gasteiger partial charge in [-0.25, -0.2) is 0 Å². The normalized spacial score (nSPS) is 34.4. The van der Waals surface area contributed by atoms with Gasteiger partial charge in [0.25, 0.3) is 0 Å². The van der Waals surface area contributed by atoms with Crippen molar-refractivity contribution < 1.29 is 9.53 Å². The van der Waals surface area contributed by atoms with Crippen LogP contribution in [-0.4, -0.2) is 55.4 Å². The van der Waals surface area contributed by atoms with Gasteiger partial charge in [0.2, 0.25) is 5.91 Å². The van der Waals surface area contributed by atoms with E-state index in [9.17, 15) is 4.79 Å². The summed E-state index contributed by atoms with van der Waals surface area (Å²) in [5, 5.41) is 5.97. The number of nitrogens with zero attached hydrogens (tertiary/aromatic N) is 2. The highest BCUT2D eigenvalue weighted by Gasteiger charge is 2.68. The predicted octanol–water partition coefficient (Wildman–Crippen LogP) is 4.20. The average molecular weight is 434 g/mol. The molecule has 2 aromatic rings. The van der Waals surface area contributed by atoms with Crippen LogP contribution in [0.1, 0.15) is 29.2 Å². The van der Waals surface area contributed by atoms with Gasteiger partial charge in [-0.05, 0) is 54.6 Å². The third kappa shape index (κ3) is 2.52. The summed E-state index contributed by atoms with van der Waals surface area (Å²) in [6.45, 7) is 6.24. The summed E-state index contributed by atoms with van der Waals surface area (Å²) in [5.74, 6) is 1.04. The number of hydrogen-bond donors (Lipinski definition) is 1.